The first-order chi connectivity index (χ1) is 9.24. The Kier molecular flexibility index (Phi) is 2.70. The molecule has 1 aromatic heterocycles. The van der Waals surface area contributed by atoms with E-state index in [1.54, 1.807) is 0 Å². The average molecular weight is 279 g/mol. The summed E-state index contributed by atoms with van der Waals surface area (Å²) in [7, 11) is 0. The largest absolute Gasteiger partial charge is 0.335 e. The van der Waals surface area contributed by atoms with Crippen molar-refractivity contribution in [3.8, 4) is 0 Å². The zero-order chi connectivity index (χ0) is 13.0. The molecule has 3 aliphatic rings. The SMILES string of the molecule is CC1CN2CCCC2CN1c1n[nH]c(=S)n1C1CC1. The maximum atomic E-state index is 5.40. The number of hydrogen-bond donors (Lipinski definition) is 1. The molecule has 2 unspecified atom stereocenters. The van der Waals surface area contributed by atoms with E-state index in [0.717, 1.165) is 23.8 Å². The summed E-state index contributed by atoms with van der Waals surface area (Å²) in [6, 6.07) is 1.83. The van der Waals surface area contributed by atoms with Crippen molar-refractivity contribution in [2.75, 3.05) is 24.5 Å². The van der Waals surface area contributed by atoms with Crippen LogP contribution in [0.4, 0.5) is 5.95 Å². The fourth-order valence-electron chi connectivity index (χ4n) is 3.63. The molecule has 0 amide bonds. The summed E-state index contributed by atoms with van der Waals surface area (Å²) in [5.74, 6) is 1.08. The fraction of sp³-hybridized carbons (Fsp3) is 0.846. The van der Waals surface area contributed by atoms with E-state index in [1.807, 2.05) is 0 Å². The Bertz CT molecular complexity index is 531. The number of piperazine rings is 1. The second-order valence-corrected chi connectivity index (χ2v) is 6.61. The highest BCUT2D eigenvalue weighted by Crippen LogP contribution is 2.39. The van der Waals surface area contributed by atoms with E-state index in [-0.39, 0.29) is 0 Å². The first kappa shape index (κ1) is 11.9. The summed E-state index contributed by atoms with van der Waals surface area (Å²) in [4.78, 5) is 5.11. The molecule has 1 aromatic rings. The number of nitrogens with zero attached hydrogens (tertiary/aromatic N) is 4. The van der Waals surface area contributed by atoms with Crippen molar-refractivity contribution in [2.45, 2.75) is 50.7 Å². The monoisotopic (exact) mass is 279 g/mol. The van der Waals surface area contributed by atoms with Crippen LogP contribution in [-0.4, -0.2) is 51.4 Å². The first-order valence-corrected chi connectivity index (χ1v) is 7.82. The lowest BCUT2D eigenvalue weighted by molar-refractivity contribution is 0.200. The van der Waals surface area contributed by atoms with Gasteiger partial charge in [-0.15, -0.1) is 5.10 Å². The molecule has 104 valence electrons. The van der Waals surface area contributed by atoms with Gasteiger partial charge in [-0.25, -0.2) is 5.10 Å². The van der Waals surface area contributed by atoms with Crippen molar-refractivity contribution < 1.29 is 0 Å². The summed E-state index contributed by atoms with van der Waals surface area (Å²) in [6.07, 6.45) is 5.18. The lowest BCUT2D eigenvalue weighted by Crippen LogP contribution is -2.55. The van der Waals surface area contributed by atoms with Gasteiger partial charge in [0.05, 0.1) is 0 Å². The number of rotatable bonds is 2. The number of fused-ring (bicyclic) bond motifs is 1. The van der Waals surface area contributed by atoms with Crippen molar-refractivity contribution in [1.29, 1.82) is 0 Å². The highest BCUT2D eigenvalue weighted by molar-refractivity contribution is 7.71. The minimum atomic E-state index is 0.525. The Morgan fingerprint density at radius 1 is 1.21 bits per heavy atom. The molecule has 5 nitrogen and oxygen atoms in total. The molecular weight excluding hydrogens is 258 g/mol. The van der Waals surface area contributed by atoms with E-state index in [9.17, 15) is 0 Å². The van der Waals surface area contributed by atoms with Gasteiger partial charge in [0.15, 0.2) is 4.77 Å². The lowest BCUT2D eigenvalue weighted by atomic mass is 10.1. The summed E-state index contributed by atoms with van der Waals surface area (Å²) < 4.78 is 3.04. The highest BCUT2D eigenvalue weighted by atomic mass is 32.1. The van der Waals surface area contributed by atoms with E-state index in [2.05, 4.69) is 31.5 Å². The van der Waals surface area contributed by atoms with Crippen LogP contribution in [0, 0.1) is 4.77 Å². The third-order valence-corrected chi connectivity index (χ3v) is 5.08. The number of aromatic amines is 1. The Labute approximate surface area is 118 Å². The Hall–Kier alpha value is -0.880. The molecule has 2 saturated heterocycles. The zero-order valence-electron chi connectivity index (χ0n) is 11.4. The number of hydrogen-bond acceptors (Lipinski definition) is 4. The smallest absolute Gasteiger partial charge is 0.226 e. The summed E-state index contributed by atoms with van der Waals surface area (Å²) in [5.41, 5.74) is 0. The van der Waals surface area contributed by atoms with Crippen LogP contribution in [0.1, 0.15) is 38.6 Å². The number of aromatic nitrogens is 3. The predicted octanol–water partition coefficient (Wildman–Crippen LogP) is 1.95. The van der Waals surface area contributed by atoms with E-state index in [1.165, 1.54) is 32.2 Å². The second kappa shape index (κ2) is 4.31. The lowest BCUT2D eigenvalue weighted by Gasteiger charge is -2.42. The molecule has 19 heavy (non-hydrogen) atoms. The van der Waals surface area contributed by atoms with Crippen LogP contribution in [0.15, 0.2) is 0 Å². The van der Waals surface area contributed by atoms with Gasteiger partial charge in [0.1, 0.15) is 0 Å². The van der Waals surface area contributed by atoms with Gasteiger partial charge < -0.3 is 4.90 Å². The average Bonchev–Trinajstić information content (AvgIpc) is 3.00. The molecule has 3 heterocycles. The summed E-state index contributed by atoms with van der Waals surface area (Å²) in [5, 5.41) is 7.52. The molecule has 2 aliphatic heterocycles. The van der Waals surface area contributed by atoms with Gasteiger partial charge in [-0.2, -0.15) is 0 Å². The van der Waals surface area contributed by atoms with E-state index in [0.29, 0.717) is 18.1 Å². The van der Waals surface area contributed by atoms with Crippen molar-refractivity contribution in [3.63, 3.8) is 0 Å². The molecule has 1 N–H and O–H groups in total. The predicted molar refractivity (Wildman–Crippen MR) is 77.1 cm³/mol. The van der Waals surface area contributed by atoms with Crippen molar-refractivity contribution in [2.24, 2.45) is 0 Å². The third kappa shape index (κ3) is 1.92. The molecule has 3 fully saturated rings. The number of H-pyrrole nitrogens is 1. The van der Waals surface area contributed by atoms with Gasteiger partial charge in [-0.1, -0.05) is 0 Å². The van der Waals surface area contributed by atoms with E-state index < -0.39 is 0 Å². The Morgan fingerprint density at radius 2 is 2.05 bits per heavy atom. The van der Waals surface area contributed by atoms with Gasteiger partial charge in [-0.05, 0) is 51.4 Å². The fourth-order valence-corrected chi connectivity index (χ4v) is 3.90. The first-order valence-electron chi connectivity index (χ1n) is 7.41. The number of nitrogens with one attached hydrogen (secondary N) is 1. The van der Waals surface area contributed by atoms with Crippen LogP contribution in [0.3, 0.4) is 0 Å². The standard InChI is InChI=1S/C13H21N5S/c1-9-7-16-6-2-3-11(16)8-17(9)12-14-15-13(19)18(12)10-4-5-10/h9-11H,2-8H2,1H3,(H,15,19). The van der Waals surface area contributed by atoms with Crippen LogP contribution < -0.4 is 4.90 Å². The van der Waals surface area contributed by atoms with Crippen molar-refractivity contribution in [1.82, 2.24) is 19.7 Å². The third-order valence-electron chi connectivity index (χ3n) is 4.79. The second-order valence-electron chi connectivity index (χ2n) is 6.22. The van der Waals surface area contributed by atoms with Gasteiger partial charge in [-0.3, -0.25) is 9.47 Å². The molecule has 0 radical (unpaired) electrons. The number of anilines is 1. The van der Waals surface area contributed by atoms with Crippen LogP contribution >= 0.6 is 12.2 Å². The molecule has 6 heteroatoms. The maximum Gasteiger partial charge on any atom is 0.226 e. The van der Waals surface area contributed by atoms with Crippen LogP contribution in [0.5, 0.6) is 0 Å². The molecule has 1 aliphatic carbocycles. The highest BCUT2D eigenvalue weighted by Gasteiger charge is 2.38. The van der Waals surface area contributed by atoms with E-state index in [4.69, 9.17) is 12.2 Å². The van der Waals surface area contributed by atoms with Crippen LogP contribution in [0.2, 0.25) is 0 Å². The molecule has 0 spiro atoms. The van der Waals surface area contributed by atoms with Crippen molar-refractivity contribution >= 4 is 18.2 Å². The Balaban J connectivity index is 1.66. The zero-order valence-corrected chi connectivity index (χ0v) is 12.2. The maximum absolute atomic E-state index is 5.40. The molecule has 1 saturated carbocycles. The molecular formula is C13H21N5S. The van der Waals surface area contributed by atoms with Crippen molar-refractivity contribution in [3.05, 3.63) is 4.77 Å². The van der Waals surface area contributed by atoms with Gasteiger partial charge in [0, 0.05) is 31.2 Å². The van der Waals surface area contributed by atoms with E-state index >= 15 is 0 Å². The van der Waals surface area contributed by atoms with Gasteiger partial charge >= 0.3 is 0 Å². The molecule has 4 rings (SSSR count). The molecule has 2 atom stereocenters. The molecule has 0 aromatic carbocycles. The normalized spacial score (nSPS) is 31.7. The van der Waals surface area contributed by atoms with Gasteiger partial charge in [0.2, 0.25) is 5.95 Å². The topological polar surface area (TPSA) is 40.1 Å². The summed E-state index contributed by atoms with van der Waals surface area (Å²) in [6.45, 7) is 5.85. The minimum Gasteiger partial charge on any atom is -0.335 e. The quantitative estimate of drug-likeness (QED) is 0.840. The van der Waals surface area contributed by atoms with Gasteiger partial charge in [0.25, 0.3) is 0 Å². The minimum absolute atomic E-state index is 0.525. The van der Waals surface area contributed by atoms with Crippen LogP contribution in [0.25, 0.3) is 0 Å². The summed E-state index contributed by atoms with van der Waals surface area (Å²) >= 11 is 5.40. The van der Waals surface area contributed by atoms with Crippen LogP contribution in [-0.2, 0) is 0 Å². The molecule has 0 bridgehead atoms. The Morgan fingerprint density at radius 3 is 2.84 bits per heavy atom.